The zero-order chi connectivity index (χ0) is 15.1. The van der Waals surface area contributed by atoms with Gasteiger partial charge in [-0.3, -0.25) is 14.6 Å². The van der Waals surface area contributed by atoms with Crippen molar-refractivity contribution in [3.63, 3.8) is 0 Å². The average molecular weight is 289 g/mol. The fourth-order valence-corrected chi connectivity index (χ4v) is 2.44. The molecule has 1 fully saturated rings. The highest BCUT2D eigenvalue weighted by Crippen LogP contribution is 2.13. The largest absolute Gasteiger partial charge is 0.351 e. The molecule has 5 heteroatoms. The molecule has 1 aromatic heterocycles. The van der Waals surface area contributed by atoms with Crippen LogP contribution in [0.15, 0.2) is 18.3 Å². The molecule has 0 atom stereocenters. The number of hydrogen-bond acceptors (Lipinski definition) is 3. The lowest BCUT2D eigenvalue weighted by Crippen LogP contribution is -2.35. The average Bonchev–Trinajstić information content (AvgIpc) is 2.55. The van der Waals surface area contributed by atoms with Crippen molar-refractivity contribution in [2.75, 3.05) is 19.6 Å². The number of rotatable bonds is 5. The highest BCUT2D eigenvalue weighted by atomic mass is 16.2. The van der Waals surface area contributed by atoms with E-state index in [-0.39, 0.29) is 11.8 Å². The van der Waals surface area contributed by atoms with E-state index in [2.05, 4.69) is 17.2 Å². The van der Waals surface area contributed by atoms with Gasteiger partial charge in [0.25, 0.3) is 11.8 Å². The number of carbonyl (C=O) groups is 2. The standard InChI is InChI=1S/C16H23N3O2/c1-2-3-8-18-15(20)14-12-13(7-9-17-14)16(21)19-10-5-4-6-11-19/h7,9,12H,2-6,8,10-11H2,1H3,(H,18,20). The number of nitrogens with one attached hydrogen (secondary N) is 1. The molecule has 2 rings (SSSR count). The lowest BCUT2D eigenvalue weighted by Gasteiger charge is -2.26. The van der Waals surface area contributed by atoms with Crippen LogP contribution in [0.25, 0.3) is 0 Å². The lowest BCUT2D eigenvalue weighted by atomic mass is 10.1. The minimum Gasteiger partial charge on any atom is -0.351 e. The van der Waals surface area contributed by atoms with Crippen molar-refractivity contribution in [2.45, 2.75) is 39.0 Å². The summed E-state index contributed by atoms with van der Waals surface area (Å²) in [4.78, 5) is 30.3. The molecule has 0 unspecified atom stereocenters. The van der Waals surface area contributed by atoms with Crippen LogP contribution < -0.4 is 5.32 Å². The number of carbonyl (C=O) groups excluding carboxylic acids is 2. The Morgan fingerprint density at radius 3 is 2.76 bits per heavy atom. The van der Waals surface area contributed by atoms with Crippen LogP contribution in [0.5, 0.6) is 0 Å². The predicted octanol–water partition coefficient (Wildman–Crippen LogP) is 2.24. The summed E-state index contributed by atoms with van der Waals surface area (Å²) in [5.41, 5.74) is 0.863. The van der Waals surface area contributed by atoms with Crippen LogP contribution in [0, 0.1) is 0 Å². The highest BCUT2D eigenvalue weighted by molar-refractivity contribution is 5.98. The van der Waals surface area contributed by atoms with Crippen molar-refractivity contribution in [1.82, 2.24) is 15.2 Å². The van der Waals surface area contributed by atoms with E-state index in [1.54, 1.807) is 12.1 Å². The minimum atomic E-state index is -0.211. The van der Waals surface area contributed by atoms with Gasteiger partial charge in [0.05, 0.1) is 0 Å². The lowest BCUT2D eigenvalue weighted by molar-refractivity contribution is 0.0724. The van der Waals surface area contributed by atoms with Gasteiger partial charge in [0.2, 0.25) is 0 Å². The number of aromatic nitrogens is 1. The molecule has 2 heterocycles. The number of amides is 2. The number of pyridine rings is 1. The zero-order valence-corrected chi connectivity index (χ0v) is 12.6. The van der Waals surface area contributed by atoms with E-state index in [4.69, 9.17) is 0 Å². The van der Waals surface area contributed by atoms with Gasteiger partial charge in [-0.15, -0.1) is 0 Å². The van der Waals surface area contributed by atoms with E-state index in [9.17, 15) is 9.59 Å². The molecule has 1 aromatic rings. The van der Waals surface area contributed by atoms with Crippen LogP contribution in [-0.2, 0) is 0 Å². The van der Waals surface area contributed by atoms with Crippen LogP contribution in [0.1, 0.15) is 59.9 Å². The first-order chi connectivity index (χ1) is 10.2. The van der Waals surface area contributed by atoms with E-state index in [1.807, 2.05) is 4.90 Å². The highest BCUT2D eigenvalue weighted by Gasteiger charge is 2.19. The number of nitrogens with zero attached hydrogens (tertiary/aromatic N) is 2. The van der Waals surface area contributed by atoms with E-state index < -0.39 is 0 Å². The second kappa shape index (κ2) is 7.76. The van der Waals surface area contributed by atoms with Crippen LogP contribution in [0.3, 0.4) is 0 Å². The maximum atomic E-state index is 12.4. The molecule has 0 radical (unpaired) electrons. The number of hydrogen-bond donors (Lipinski definition) is 1. The van der Waals surface area contributed by atoms with Crippen molar-refractivity contribution in [2.24, 2.45) is 0 Å². The van der Waals surface area contributed by atoms with Crippen molar-refractivity contribution in [3.05, 3.63) is 29.6 Å². The summed E-state index contributed by atoms with van der Waals surface area (Å²) in [5.74, 6) is -0.212. The van der Waals surface area contributed by atoms with Gasteiger partial charge in [-0.25, -0.2) is 0 Å². The van der Waals surface area contributed by atoms with Gasteiger partial charge in [-0.2, -0.15) is 0 Å². The van der Waals surface area contributed by atoms with Crippen LogP contribution in [-0.4, -0.2) is 41.3 Å². The maximum Gasteiger partial charge on any atom is 0.269 e. The van der Waals surface area contributed by atoms with Crippen LogP contribution in [0.4, 0.5) is 0 Å². The SMILES string of the molecule is CCCCNC(=O)c1cc(C(=O)N2CCCCC2)ccn1. The van der Waals surface area contributed by atoms with Gasteiger partial charge in [-0.05, 0) is 37.8 Å². The smallest absolute Gasteiger partial charge is 0.269 e. The Morgan fingerprint density at radius 1 is 1.29 bits per heavy atom. The quantitative estimate of drug-likeness (QED) is 0.846. The molecule has 5 nitrogen and oxygen atoms in total. The zero-order valence-electron chi connectivity index (χ0n) is 12.6. The molecule has 0 aromatic carbocycles. The predicted molar refractivity (Wildman–Crippen MR) is 81.2 cm³/mol. The molecule has 1 aliphatic rings. The van der Waals surface area contributed by atoms with Gasteiger partial charge in [0, 0.05) is 31.4 Å². The van der Waals surface area contributed by atoms with Gasteiger partial charge in [0.15, 0.2) is 0 Å². The fraction of sp³-hybridized carbons (Fsp3) is 0.562. The minimum absolute atomic E-state index is 0.000270. The third-order valence-corrected chi connectivity index (χ3v) is 3.70. The van der Waals surface area contributed by atoms with E-state index >= 15 is 0 Å². The van der Waals surface area contributed by atoms with E-state index in [0.717, 1.165) is 38.8 Å². The molecule has 21 heavy (non-hydrogen) atoms. The number of likely N-dealkylation sites (tertiary alicyclic amines) is 1. The molecule has 114 valence electrons. The molecule has 1 N–H and O–H groups in total. The Balaban J connectivity index is 2.02. The Labute approximate surface area is 125 Å². The Kier molecular flexibility index (Phi) is 5.72. The molecule has 0 bridgehead atoms. The van der Waals surface area contributed by atoms with Crippen molar-refractivity contribution in [3.8, 4) is 0 Å². The summed E-state index contributed by atoms with van der Waals surface area (Å²) in [6.45, 7) is 4.32. The monoisotopic (exact) mass is 289 g/mol. The first-order valence-corrected chi connectivity index (χ1v) is 7.76. The Morgan fingerprint density at radius 2 is 2.05 bits per heavy atom. The first kappa shape index (κ1) is 15.5. The molecule has 2 amide bonds. The second-order valence-corrected chi connectivity index (χ2v) is 5.39. The maximum absolute atomic E-state index is 12.4. The number of piperidine rings is 1. The molecule has 1 saturated heterocycles. The first-order valence-electron chi connectivity index (χ1n) is 7.76. The Bertz CT molecular complexity index is 496. The molecule has 1 aliphatic heterocycles. The van der Waals surface area contributed by atoms with Crippen LogP contribution in [0.2, 0.25) is 0 Å². The summed E-state index contributed by atoms with van der Waals surface area (Å²) < 4.78 is 0. The summed E-state index contributed by atoms with van der Waals surface area (Å²) in [7, 11) is 0. The molecular formula is C16H23N3O2. The van der Waals surface area contributed by atoms with Gasteiger partial charge in [-0.1, -0.05) is 13.3 Å². The summed E-state index contributed by atoms with van der Waals surface area (Å²) >= 11 is 0. The molecule has 0 spiro atoms. The van der Waals surface area contributed by atoms with Gasteiger partial charge < -0.3 is 10.2 Å². The molecule has 0 aliphatic carbocycles. The van der Waals surface area contributed by atoms with E-state index in [1.165, 1.54) is 12.6 Å². The number of unbranched alkanes of at least 4 members (excludes halogenated alkanes) is 1. The van der Waals surface area contributed by atoms with Crippen LogP contribution >= 0.6 is 0 Å². The summed E-state index contributed by atoms with van der Waals surface area (Å²) in [5, 5.41) is 2.82. The van der Waals surface area contributed by atoms with Gasteiger partial charge >= 0.3 is 0 Å². The third kappa shape index (κ3) is 4.28. The van der Waals surface area contributed by atoms with Crippen molar-refractivity contribution >= 4 is 11.8 Å². The molecule has 0 saturated carbocycles. The summed E-state index contributed by atoms with van der Waals surface area (Å²) in [6.07, 6.45) is 6.80. The fourth-order valence-electron chi connectivity index (χ4n) is 2.44. The van der Waals surface area contributed by atoms with E-state index in [0.29, 0.717) is 17.8 Å². The van der Waals surface area contributed by atoms with Gasteiger partial charge in [0.1, 0.15) is 5.69 Å². The third-order valence-electron chi connectivity index (χ3n) is 3.70. The van der Waals surface area contributed by atoms with Crippen molar-refractivity contribution in [1.29, 1.82) is 0 Å². The molecular weight excluding hydrogens is 266 g/mol. The second-order valence-electron chi connectivity index (χ2n) is 5.39. The van der Waals surface area contributed by atoms with Crippen molar-refractivity contribution < 1.29 is 9.59 Å². The summed E-state index contributed by atoms with van der Waals surface area (Å²) in [6, 6.07) is 3.28. The normalized spacial score (nSPS) is 14.8. The Hall–Kier alpha value is -1.91. The topological polar surface area (TPSA) is 62.3 Å².